The van der Waals surface area contributed by atoms with Crippen LogP contribution in [0.4, 0.5) is 0 Å². The van der Waals surface area contributed by atoms with Crippen molar-refractivity contribution in [3.63, 3.8) is 0 Å². The summed E-state index contributed by atoms with van der Waals surface area (Å²) in [5.74, 6) is 0.00649. The van der Waals surface area contributed by atoms with E-state index < -0.39 is 0 Å². The van der Waals surface area contributed by atoms with Crippen molar-refractivity contribution in [2.24, 2.45) is 5.92 Å². The zero-order valence-electron chi connectivity index (χ0n) is 8.04. The molecule has 0 rings (SSSR count). The maximum atomic E-state index is 10.7. The second-order valence-corrected chi connectivity index (χ2v) is 3.07. The van der Waals surface area contributed by atoms with Gasteiger partial charge in [0.15, 0.2) is 0 Å². The van der Waals surface area contributed by atoms with Crippen LogP contribution in [0, 0.1) is 5.92 Å². The molecule has 3 nitrogen and oxygen atoms in total. The van der Waals surface area contributed by atoms with Gasteiger partial charge in [-0.1, -0.05) is 20.3 Å². The lowest BCUT2D eigenvalue weighted by atomic mass is 9.98. The first kappa shape index (κ1) is 11.4. The summed E-state index contributed by atoms with van der Waals surface area (Å²) in [6, 6.07) is 0. The first-order chi connectivity index (χ1) is 5.61. The Labute approximate surface area is 73.7 Å². The van der Waals surface area contributed by atoms with Gasteiger partial charge in [-0.05, 0) is 12.3 Å². The normalized spacial score (nSPS) is 15.3. The maximum Gasteiger partial charge on any atom is 0.305 e. The van der Waals surface area contributed by atoms with Crippen LogP contribution in [0.3, 0.4) is 0 Å². The number of ether oxygens (including phenoxy) is 1. The molecule has 0 saturated heterocycles. The Balaban J connectivity index is 3.56. The van der Waals surface area contributed by atoms with Crippen LogP contribution in [-0.4, -0.2) is 24.3 Å². The molecular weight excluding hydrogens is 156 g/mol. The Morgan fingerprint density at radius 2 is 2.17 bits per heavy atom. The van der Waals surface area contributed by atoms with E-state index >= 15 is 0 Å². The standard InChI is InChI=1S/C9H18O3/c1-4-7(2)8(10)5-6-9(11)12-3/h7-8,10H,4-6H2,1-3H3. The van der Waals surface area contributed by atoms with Crippen LogP contribution in [0.15, 0.2) is 0 Å². The lowest BCUT2D eigenvalue weighted by molar-refractivity contribution is -0.141. The summed E-state index contributed by atoms with van der Waals surface area (Å²) in [5.41, 5.74) is 0. The number of esters is 1. The minimum atomic E-state index is -0.380. The van der Waals surface area contributed by atoms with Gasteiger partial charge in [-0.25, -0.2) is 0 Å². The lowest BCUT2D eigenvalue weighted by Crippen LogP contribution is -2.18. The molecule has 2 atom stereocenters. The molecule has 1 N–H and O–H groups in total. The number of hydrogen-bond donors (Lipinski definition) is 1. The molecule has 0 fully saturated rings. The third kappa shape index (κ3) is 4.34. The molecule has 0 aromatic heterocycles. The van der Waals surface area contributed by atoms with Crippen molar-refractivity contribution >= 4 is 5.97 Å². The molecule has 0 aliphatic carbocycles. The van der Waals surface area contributed by atoms with E-state index in [1.54, 1.807) is 0 Å². The Kier molecular flexibility index (Phi) is 5.72. The largest absolute Gasteiger partial charge is 0.469 e. The molecule has 0 saturated carbocycles. The highest BCUT2D eigenvalue weighted by Gasteiger charge is 2.13. The Bertz CT molecular complexity index is 134. The van der Waals surface area contributed by atoms with Crippen LogP contribution in [0.2, 0.25) is 0 Å². The minimum absolute atomic E-state index is 0.252. The summed E-state index contributed by atoms with van der Waals surface area (Å²) in [5, 5.41) is 9.45. The van der Waals surface area contributed by atoms with Crippen molar-refractivity contribution in [1.82, 2.24) is 0 Å². The average molecular weight is 174 g/mol. The molecule has 2 unspecified atom stereocenters. The number of aliphatic hydroxyl groups is 1. The average Bonchev–Trinajstić information content (AvgIpc) is 2.11. The molecule has 72 valence electrons. The monoisotopic (exact) mass is 174 g/mol. The Hall–Kier alpha value is -0.570. The fourth-order valence-electron chi connectivity index (χ4n) is 0.924. The van der Waals surface area contributed by atoms with E-state index in [0.29, 0.717) is 12.8 Å². The van der Waals surface area contributed by atoms with Crippen LogP contribution in [-0.2, 0) is 9.53 Å². The summed E-state index contributed by atoms with van der Waals surface area (Å²) in [4.78, 5) is 10.7. The summed E-state index contributed by atoms with van der Waals surface area (Å²) < 4.78 is 4.46. The highest BCUT2D eigenvalue weighted by atomic mass is 16.5. The smallest absolute Gasteiger partial charge is 0.305 e. The van der Waals surface area contributed by atoms with Crippen LogP contribution in [0.5, 0.6) is 0 Å². The Morgan fingerprint density at radius 3 is 2.58 bits per heavy atom. The van der Waals surface area contributed by atoms with E-state index in [1.165, 1.54) is 7.11 Å². The predicted molar refractivity (Wildman–Crippen MR) is 46.7 cm³/mol. The van der Waals surface area contributed by atoms with E-state index in [4.69, 9.17) is 0 Å². The molecule has 0 amide bonds. The van der Waals surface area contributed by atoms with Gasteiger partial charge >= 0.3 is 5.97 Å². The number of carbonyl (C=O) groups excluding carboxylic acids is 1. The number of aliphatic hydroxyl groups excluding tert-OH is 1. The Morgan fingerprint density at radius 1 is 1.58 bits per heavy atom. The summed E-state index contributed by atoms with van der Waals surface area (Å²) in [6.45, 7) is 3.99. The highest BCUT2D eigenvalue weighted by molar-refractivity contribution is 5.69. The zero-order valence-corrected chi connectivity index (χ0v) is 8.04. The summed E-state index contributed by atoms with van der Waals surface area (Å²) >= 11 is 0. The minimum Gasteiger partial charge on any atom is -0.469 e. The molecule has 0 aromatic carbocycles. The van der Waals surface area contributed by atoms with Gasteiger partial charge in [0.25, 0.3) is 0 Å². The van der Waals surface area contributed by atoms with Gasteiger partial charge in [0.05, 0.1) is 13.2 Å². The maximum absolute atomic E-state index is 10.7. The molecule has 12 heavy (non-hydrogen) atoms. The van der Waals surface area contributed by atoms with Crippen LogP contribution in [0.1, 0.15) is 33.1 Å². The van der Waals surface area contributed by atoms with E-state index in [2.05, 4.69) is 4.74 Å². The van der Waals surface area contributed by atoms with Crippen molar-refractivity contribution in [2.75, 3.05) is 7.11 Å². The summed E-state index contributed by atoms with van der Waals surface area (Å²) in [6.07, 6.45) is 1.36. The van der Waals surface area contributed by atoms with Crippen molar-refractivity contribution in [3.05, 3.63) is 0 Å². The molecule has 0 bridgehead atoms. The molecule has 0 aliphatic heterocycles. The van der Waals surface area contributed by atoms with Crippen molar-refractivity contribution in [2.45, 2.75) is 39.2 Å². The van der Waals surface area contributed by atoms with Crippen molar-refractivity contribution < 1.29 is 14.6 Å². The number of hydrogen-bond acceptors (Lipinski definition) is 3. The van der Waals surface area contributed by atoms with Crippen LogP contribution in [0.25, 0.3) is 0 Å². The SMILES string of the molecule is CCC(C)C(O)CCC(=O)OC. The van der Waals surface area contributed by atoms with Gasteiger partial charge in [0.1, 0.15) is 0 Å². The first-order valence-corrected chi connectivity index (χ1v) is 4.36. The molecular formula is C9H18O3. The van der Waals surface area contributed by atoms with Gasteiger partial charge in [-0.3, -0.25) is 4.79 Å². The highest BCUT2D eigenvalue weighted by Crippen LogP contribution is 2.12. The van der Waals surface area contributed by atoms with E-state index in [0.717, 1.165) is 6.42 Å². The van der Waals surface area contributed by atoms with Gasteiger partial charge in [-0.15, -0.1) is 0 Å². The molecule has 0 spiro atoms. The van der Waals surface area contributed by atoms with Crippen molar-refractivity contribution in [1.29, 1.82) is 0 Å². The topological polar surface area (TPSA) is 46.5 Å². The quantitative estimate of drug-likeness (QED) is 0.640. The fraction of sp³-hybridized carbons (Fsp3) is 0.889. The lowest BCUT2D eigenvalue weighted by Gasteiger charge is -2.15. The fourth-order valence-corrected chi connectivity index (χ4v) is 0.924. The molecule has 0 aliphatic rings. The van der Waals surface area contributed by atoms with Crippen LogP contribution >= 0.6 is 0 Å². The molecule has 3 heteroatoms. The number of methoxy groups -OCH3 is 1. The van der Waals surface area contributed by atoms with Gasteiger partial charge in [-0.2, -0.15) is 0 Å². The van der Waals surface area contributed by atoms with Crippen molar-refractivity contribution in [3.8, 4) is 0 Å². The van der Waals surface area contributed by atoms with Crippen LogP contribution < -0.4 is 0 Å². The molecule has 0 heterocycles. The predicted octanol–water partition coefficient (Wildman–Crippen LogP) is 1.35. The third-order valence-corrected chi connectivity index (χ3v) is 2.17. The second-order valence-electron chi connectivity index (χ2n) is 3.07. The second kappa shape index (κ2) is 6.00. The van der Waals surface area contributed by atoms with Gasteiger partial charge in [0, 0.05) is 6.42 Å². The number of rotatable bonds is 5. The van der Waals surface area contributed by atoms with Gasteiger partial charge in [0.2, 0.25) is 0 Å². The van der Waals surface area contributed by atoms with Gasteiger partial charge < -0.3 is 9.84 Å². The van der Waals surface area contributed by atoms with E-state index in [1.807, 2.05) is 13.8 Å². The number of carbonyl (C=O) groups is 1. The van der Waals surface area contributed by atoms with E-state index in [-0.39, 0.29) is 18.0 Å². The third-order valence-electron chi connectivity index (χ3n) is 2.17. The molecule has 0 radical (unpaired) electrons. The summed E-state index contributed by atoms with van der Waals surface area (Å²) in [7, 11) is 1.36. The van der Waals surface area contributed by atoms with E-state index in [9.17, 15) is 9.90 Å². The molecule has 0 aromatic rings. The zero-order chi connectivity index (χ0) is 9.56. The first-order valence-electron chi connectivity index (χ1n) is 4.36.